The van der Waals surface area contributed by atoms with E-state index in [2.05, 4.69) is 10.4 Å². The summed E-state index contributed by atoms with van der Waals surface area (Å²) >= 11 is 5.83. The van der Waals surface area contributed by atoms with Crippen molar-refractivity contribution < 1.29 is 19.2 Å². The molecule has 0 atom stereocenters. The predicted octanol–water partition coefficient (Wildman–Crippen LogP) is 3.16. The maximum atomic E-state index is 12.6. The number of halogens is 1. The number of hydrogen-bond donors (Lipinski definition) is 1. The minimum absolute atomic E-state index is 0.106. The lowest BCUT2D eigenvalue weighted by atomic mass is 10.1. The molecular weight excluding hydrogens is 428 g/mol. The van der Waals surface area contributed by atoms with Crippen molar-refractivity contribution in [2.24, 2.45) is 0 Å². The molecule has 1 aromatic heterocycles. The van der Waals surface area contributed by atoms with Crippen molar-refractivity contribution in [3.05, 3.63) is 73.6 Å². The Bertz CT molecular complexity index is 1240. The van der Waals surface area contributed by atoms with E-state index in [-0.39, 0.29) is 27.7 Å². The molecule has 160 valence electrons. The predicted molar refractivity (Wildman–Crippen MR) is 113 cm³/mol. The molecule has 31 heavy (non-hydrogen) atoms. The van der Waals surface area contributed by atoms with Crippen molar-refractivity contribution in [2.45, 2.75) is 19.9 Å². The second kappa shape index (κ2) is 9.35. The van der Waals surface area contributed by atoms with E-state index in [1.165, 1.54) is 16.8 Å². The van der Waals surface area contributed by atoms with E-state index in [1.54, 1.807) is 24.3 Å². The normalized spacial score (nSPS) is 10.6. The third-order valence-electron chi connectivity index (χ3n) is 4.26. The Hall–Kier alpha value is -3.79. The third-order valence-corrected chi connectivity index (χ3v) is 4.50. The van der Waals surface area contributed by atoms with Crippen LogP contribution in [0.5, 0.6) is 0 Å². The number of carbonyl (C=O) groups excluding carboxylic acids is 2. The largest absolute Gasteiger partial charge is 0.451 e. The SMILES string of the molecule is CCCn1nc(C(=O)OCC(=O)Nc2cc(Cl)ccc2[N+](=O)[O-])c2ccccc2c1=O. The van der Waals surface area contributed by atoms with E-state index in [1.807, 2.05) is 6.92 Å². The quantitative estimate of drug-likeness (QED) is 0.336. The summed E-state index contributed by atoms with van der Waals surface area (Å²) in [5.41, 5.74) is -0.924. The van der Waals surface area contributed by atoms with E-state index in [0.717, 1.165) is 6.07 Å². The topological polar surface area (TPSA) is 133 Å². The first-order valence-corrected chi connectivity index (χ1v) is 9.60. The van der Waals surface area contributed by atoms with Crippen LogP contribution in [0.2, 0.25) is 5.02 Å². The molecule has 11 heteroatoms. The zero-order chi connectivity index (χ0) is 22.5. The van der Waals surface area contributed by atoms with Gasteiger partial charge in [-0.2, -0.15) is 5.10 Å². The molecule has 0 bridgehead atoms. The van der Waals surface area contributed by atoms with Crippen molar-refractivity contribution >= 4 is 45.6 Å². The Morgan fingerprint density at radius 3 is 2.61 bits per heavy atom. The number of nitro groups is 1. The summed E-state index contributed by atoms with van der Waals surface area (Å²) in [6.45, 7) is 1.45. The number of aromatic nitrogens is 2. The molecule has 0 saturated carbocycles. The molecule has 1 heterocycles. The fraction of sp³-hybridized carbons (Fsp3) is 0.200. The number of ether oxygens (including phenoxy) is 1. The molecule has 0 radical (unpaired) electrons. The lowest BCUT2D eigenvalue weighted by Gasteiger charge is -2.10. The van der Waals surface area contributed by atoms with Gasteiger partial charge in [-0.25, -0.2) is 9.48 Å². The molecule has 0 unspecified atom stereocenters. The number of fused-ring (bicyclic) bond motifs is 1. The Labute approximate surface area is 180 Å². The van der Waals surface area contributed by atoms with Crippen LogP contribution in [0.4, 0.5) is 11.4 Å². The van der Waals surface area contributed by atoms with Gasteiger partial charge in [0.15, 0.2) is 12.3 Å². The fourth-order valence-corrected chi connectivity index (χ4v) is 3.07. The number of carbonyl (C=O) groups is 2. The van der Waals surface area contributed by atoms with Crippen LogP contribution in [0, 0.1) is 10.1 Å². The van der Waals surface area contributed by atoms with Gasteiger partial charge in [0.1, 0.15) is 5.69 Å². The molecule has 1 N–H and O–H groups in total. The Morgan fingerprint density at radius 1 is 1.23 bits per heavy atom. The highest BCUT2D eigenvalue weighted by Crippen LogP contribution is 2.27. The molecule has 3 aromatic rings. The van der Waals surface area contributed by atoms with Crippen LogP contribution in [0.25, 0.3) is 10.8 Å². The average molecular weight is 445 g/mol. The first-order chi connectivity index (χ1) is 14.8. The molecule has 0 spiro atoms. The van der Waals surface area contributed by atoms with Gasteiger partial charge >= 0.3 is 5.97 Å². The summed E-state index contributed by atoms with van der Waals surface area (Å²) in [7, 11) is 0. The van der Waals surface area contributed by atoms with Crippen LogP contribution in [0.1, 0.15) is 23.8 Å². The van der Waals surface area contributed by atoms with Crippen molar-refractivity contribution in [2.75, 3.05) is 11.9 Å². The van der Waals surface area contributed by atoms with Gasteiger partial charge in [-0.15, -0.1) is 0 Å². The fourth-order valence-electron chi connectivity index (χ4n) is 2.90. The Morgan fingerprint density at radius 2 is 1.94 bits per heavy atom. The number of nitro benzene ring substituents is 1. The number of nitrogens with one attached hydrogen (secondary N) is 1. The number of esters is 1. The van der Waals surface area contributed by atoms with Crippen LogP contribution in [-0.4, -0.2) is 33.2 Å². The monoisotopic (exact) mass is 444 g/mol. The van der Waals surface area contributed by atoms with Gasteiger partial charge < -0.3 is 10.1 Å². The van der Waals surface area contributed by atoms with Crippen molar-refractivity contribution in [3.63, 3.8) is 0 Å². The number of nitrogens with zero attached hydrogens (tertiary/aromatic N) is 3. The van der Waals surface area contributed by atoms with E-state index in [9.17, 15) is 24.5 Å². The Balaban J connectivity index is 1.80. The summed E-state index contributed by atoms with van der Waals surface area (Å²) in [5.74, 6) is -1.71. The van der Waals surface area contributed by atoms with E-state index < -0.39 is 23.4 Å². The van der Waals surface area contributed by atoms with Gasteiger partial charge in [-0.05, 0) is 24.6 Å². The van der Waals surface area contributed by atoms with Gasteiger partial charge in [0, 0.05) is 23.0 Å². The summed E-state index contributed by atoms with van der Waals surface area (Å²) in [6, 6.07) is 10.1. The molecule has 0 aliphatic rings. The second-order valence-corrected chi connectivity index (χ2v) is 6.90. The second-order valence-electron chi connectivity index (χ2n) is 6.47. The number of rotatable bonds is 7. The maximum Gasteiger partial charge on any atom is 0.359 e. The van der Waals surface area contributed by atoms with Crippen LogP contribution < -0.4 is 10.9 Å². The number of aryl methyl sites for hydroxylation is 1. The zero-order valence-corrected chi connectivity index (χ0v) is 17.1. The number of amides is 1. The first-order valence-electron chi connectivity index (χ1n) is 9.22. The summed E-state index contributed by atoms with van der Waals surface area (Å²) < 4.78 is 6.22. The van der Waals surface area contributed by atoms with E-state index in [4.69, 9.17) is 16.3 Å². The van der Waals surface area contributed by atoms with E-state index in [0.29, 0.717) is 23.7 Å². The molecule has 0 aliphatic carbocycles. The summed E-state index contributed by atoms with van der Waals surface area (Å²) in [4.78, 5) is 47.7. The molecule has 0 aliphatic heterocycles. The van der Waals surface area contributed by atoms with Gasteiger partial charge in [-0.1, -0.05) is 36.7 Å². The van der Waals surface area contributed by atoms with Gasteiger partial charge in [0.25, 0.3) is 17.2 Å². The highest BCUT2D eigenvalue weighted by molar-refractivity contribution is 6.31. The molecule has 0 saturated heterocycles. The molecule has 1 amide bonds. The van der Waals surface area contributed by atoms with Crippen LogP contribution in [0.3, 0.4) is 0 Å². The maximum absolute atomic E-state index is 12.6. The van der Waals surface area contributed by atoms with Crippen LogP contribution in [-0.2, 0) is 16.1 Å². The smallest absolute Gasteiger partial charge is 0.359 e. The lowest BCUT2D eigenvalue weighted by Crippen LogP contribution is -2.27. The first kappa shape index (κ1) is 21.9. The van der Waals surface area contributed by atoms with E-state index >= 15 is 0 Å². The highest BCUT2D eigenvalue weighted by atomic mass is 35.5. The molecule has 2 aromatic carbocycles. The van der Waals surface area contributed by atoms with Crippen LogP contribution in [0.15, 0.2) is 47.3 Å². The van der Waals surface area contributed by atoms with Crippen molar-refractivity contribution in [3.8, 4) is 0 Å². The number of hydrogen-bond acceptors (Lipinski definition) is 7. The van der Waals surface area contributed by atoms with Gasteiger partial charge in [0.2, 0.25) is 0 Å². The molecule has 3 rings (SSSR count). The third kappa shape index (κ3) is 4.86. The van der Waals surface area contributed by atoms with Gasteiger partial charge in [-0.3, -0.25) is 19.7 Å². The van der Waals surface area contributed by atoms with Gasteiger partial charge in [0.05, 0.1) is 10.3 Å². The Kier molecular flexibility index (Phi) is 6.61. The highest BCUT2D eigenvalue weighted by Gasteiger charge is 2.20. The minimum Gasteiger partial charge on any atom is -0.451 e. The summed E-state index contributed by atoms with van der Waals surface area (Å²) in [5, 5.41) is 18.3. The molecule has 10 nitrogen and oxygen atoms in total. The molecule has 0 fully saturated rings. The lowest BCUT2D eigenvalue weighted by molar-refractivity contribution is -0.383. The molecular formula is C20H17ClN4O6. The van der Waals surface area contributed by atoms with Crippen LogP contribution >= 0.6 is 11.6 Å². The average Bonchev–Trinajstić information content (AvgIpc) is 2.74. The number of anilines is 1. The van der Waals surface area contributed by atoms with Crippen molar-refractivity contribution in [1.82, 2.24) is 9.78 Å². The minimum atomic E-state index is -0.906. The zero-order valence-electron chi connectivity index (χ0n) is 16.3. The number of benzene rings is 2. The van der Waals surface area contributed by atoms with Crippen molar-refractivity contribution in [1.29, 1.82) is 0 Å². The summed E-state index contributed by atoms with van der Waals surface area (Å²) in [6.07, 6.45) is 0.626. The standard InChI is InChI=1S/C20H17ClN4O6/c1-2-9-24-19(27)14-6-4-3-5-13(14)18(23-24)20(28)31-11-17(26)22-15-10-12(21)7-8-16(15)25(29)30/h3-8,10H,2,9,11H2,1H3,(H,22,26).